The second-order valence-electron chi connectivity index (χ2n) is 5.25. The van der Waals surface area contributed by atoms with Crippen molar-refractivity contribution >= 4 is 5.69 Å². The Morgan fingerprint density at radius 1 is 1.00 bits per heavy atom. The number of nitrogens with one attached hydrogen (secondary N) is 1. The van der Waals surface area contributed by atoms with Gasteiger partial charge in [-0.2, -0.15) is 0 Å². The molecule has 3 rings (SSSR count). The van der Waals surface area contributed by atoms with E-state index in [-0.39, 0.29) is 0 Å². The van der Waals surface area contributed by atoms with Gasteiger partial charge >= 0.3 is 0 Å². The van der Waals surface area contributed by atoms with Crippen molar-refractivity contribution in [2.75, 3.05) is 38.3 Å². The Morgan fingerprint density at radius 3 is 2.63 bits per heavy atom. The molecule has 1 aromatic carbocycles. The number of hydrogen-bond acceptors (Lipinski definition) is 4. The van der Waals surface area contributed by atoms with Crippen molar-refractivity contribution in [3.63, 3.8) is 0 Å². The maximum atomic E-state index is 5.38. The lowest BCUT2D eigenvalue weighted by Gasteiger charge is -2.20. The first-order chi connectivity index (χ1) is 9.42. The smallest absolute Gasteiger partial charge is 0.231 e. The van der Waals surface area contributed by atoms with E-state index >= 15 is 0 Å². The standard InChI is InChI=1S/C15H22N2O2/c1-2-4-9-17(8-3-1)10-7-16-13-5-6-14-15(11-13)19-12-18-14/h5-6,11,16H,1-4,7-10,12H2. The molecule has 19 heavy (non-hydrogen) atoms. The number of nitrogens with zero attached hydrogens (tertiary/aromatic N) is 1. The fourth-order valence-electron chi connectivity index (χ4n) is 2.72. The Labute approximate surface area is 114 Å². The molecule has 0 aliphatic carbocycles. The molecular formula is C15H22N2O2. The minimum Gasteiger partial charge on any atom is -0.454 e. The van der Waals surface area contributed by atoms with E-state index < -0.39 is 0 Å². The summed E-state index contributed by atoms with van der Waals surface area (Å²) in [7, 11) is 0. The van der Waals surface area contributed by atoms with Crippen molar-refractivity contribution in [3.8, 4) is 11.5 Å². The molecule has 104 valence electrons. The van der Waals surface area contributed by atoms with Crippen molar-refractivity contribution in [2.24, 2.45) is 0 Å². The predicted octanol–water partition coefficient (Wildman–Crippen LogP) is 2.70. The molecule has 0 unspecified atom stereocenters. The highest BCUT2D eigenvalue weighted by Gasteiger charge is 2.13. The normalized spacial score (nSPS) is 19.2. The number of anilines is 1. The molecule has 1 saturated heterocycles. The molecule has 2 aliphatic heterocycles. The van der Waals surface area contributed by atoms with Crippen LogP contribution >= 0.6 is 0 Å². The van der Waals surface area contributed by atoms with Crippen LogP contribution in [0.1, 0.15) is 25.7 Å². The average Bonchev–Trinajstić information content (AvgIpc) is 2.74. The van der Waals surface area contributed by atoms with Gasteiger partial charge in [-0.05, 0) is 38.1 Å². The summed E-state index contributed by atoms with van der Waals surface area (Å²) < 4.78 is 10.7. The zero-order valence-corrected chi connectivity index (χ0v) is 11.4. The lowest BCUT2D eigenvalue weighted by atomic mass is 10.2. The molecule has 0 spiro atoms. The van der Waals surface area contributed by atoms with Crippen LogP contribution in [0.25, 0.3) is 0 Å². The second kappa shape index (κ2) is 6.15. The quantitative estimate of drug-likeness (QED) is 0.904. The van der Waals surface area contributed by atoms with Gasteiger partial charge in [-0.1, -0.05) is 12.8 Å². The molecule has 0 saturated carbocycles. The van der Waals surface area contributed by atoms with E-state index in [4.69, 9.17) is 9.47 Å². The Bertz CT molecular complexity index is 415. The maximum absolute atomic E-state index is 5.38. The van der Waals surface area contributed by atoms with Gasteiger partial charge in [-0.3, -0.25) is 0 Å². The van der Waals surface area contributed by atoms with Gasteiger partial charge in [0.05, 0.1) is 0 Å². The van der Waals surface area contributed by atoms with Crippen LogP contribution in [0.3, 0.4) is 0 Å². The van der Waals surface area contributed by atoms with Gasteiger partial charge in [0, 0.05) is 24.8 Å². The van der Waals surface area contributed by atoms with Gasteiger partial charge in [-0.25, -0.2) is 0 Å². The predicted molar refractivity (Wildman–Crippen MR) is 76.0 cm³/mol. The summed E-state index contributed by atoms with van der Waals surface area (Å²) in [6.45, 7) is 4.95. The van der Waals surface area contributed by atoms with E-state index in [2.05, 4.69) is 16.3 Å². The number of rotatable bonds is 4. The summed E-state index contributed by atoms with van der Waals surface area (Å²) in [5.41, 5.74) is 1.11. The van der Waals surface area contributed by atoms with E-state index in [0.29, 0.717) is 6.79 Å². The first-order valence-corrected chi connectivity index (χ1v) is 7.28. The topological polar surface area (TPSA) is 33.7 Å². The Kier molecular flexibility index (Phi) is 4.08. The van der Waals surface area contributed by atoms with E-state index in [9.17, 15) is 0 Å². The molecule has 0 radical (unpaired) electrons. The average molecular weight is 262 g/mol. The third kappa shape index (κ3) is 3.32. The van der Waals surface area contributed by atoms with Crippen LogP contribution in [0.15, 0.2) is 18.2 Å². The van der Waals surface area contributed by atoms with Gasteiger partial charge < -0.3 is 19.7 Å². The number of ether oxygens (including phenoxy) is 2. The van der Waals surface area contributed by atoms with Crippen LogP contribution in [-0.2, 0) is 0 Å². The van der Waals surface area contributed by atoms with Gasteiger partial charge in [0.2, 0.25) is 6.79 Å². The van der Waals surface area contributed by atoms with Crippen LogP contribution in [0.4, 0.5) is 5.69 Å². The number of fused-ring (bicyclic) bond motifs is 1. The molecular weight excluding hydrogens is 240 g/mol. The maximum Gasteiger partial charge on any atom is 0.231 e. The lowest BCUT2D eigenvalue weighted by Crippen LogP contribution is -2.29. The lowest BCUT2D eigenvalue weighted by molar-refractivity contribution is 0.174. The molecule has 1 fully saturated rings. The largest absolute Gasteiger partial charge is 0.454 e. The van der Waals surface area contributed by atoms with Crippen molar-refractivity contribution in [1.82, 2.24) is 4.90 Å². The van der Waals surface area contributed by atoms with Crippen molar-refractivity contribution in [2.45, 2.75) is 25.7 Å². The first-order valence-electron chi connectivity index (χ1n) is 7.28. The highest BCUT2D eigenvalue weighted by molar-refractivity contribution is 5.55. The molecule has 2 aliphatic rings. The minimum atomic E-state index is 0.340. The van der Waals surface area contributed by atoms with Crippen LogP contribution < -0.4 is 14.8 Å². The molecule has 0 amide bonds. The number of benzene rings is 1. The Hall–Kier alpha value is -1.42. The molecule has 0 aromatic heterocycles. The molecule has 4 nitrogen and oxygen atoms in total. The zero-order valence-electron chi connectivity index (χ0n) is 11.4. The summed E-state index contributed by atoms with van der Waals surface area (Å²) in [5, 5.41) is 3.46. The van der Waals surface area contributed by atoms with Crippen LogP contribution in [0.2, 0.25) is 0 Å². The monoisotopic (exact) mass is 262 g/mol. The van der Waals surface area contributed by atoms with Gasteiger partial charge in [0.25, 0.3) is 0 Å². The first kappa shape index (κ1) is 12.6. The van der Waals surface area contributed by atoms with Gasteiger partial charge in [0.1, 0.15) is 0 Å². The van der Waals surface area contributed by atoms with Crippen molar-refractivity contribution < 1.29 is 9.47 Å². The summed E-state index contributed by atoms with van der Waals surface area (Å²) >= 11 is 0. The highest BCUT2D eigenvalue weighted by atomic mass is 16.7. The van der Waals surface area contributed by atoms with Crippen LogP contribution in [0.5, 0.6) is 11.5 Å². The fourth-order valence-corrected chi connectivity index (χ4v) is 2.72. The fraction of sp³-hybridized carbons (Fsp3) is 0.600. The minimum absolute atomic E-state index is 0.340. The van der Waals surface area contributed by atoms with E-state index in [0.717, 1.165) is 30.3 Å². The summed E-state index contributed by atoms with van der Waals surface area (Å²) in [6, 6.07) is 6.04. The van der Waals surface area contributed by atoms with E-state index in [1.807, 2.05) is 12.1 Å². The Morgan fingerprint density at radius 2 is 1.79 bits per heavy atom. The third-order valence-electron chi connectivity index (χ3n) is 3.83. The van der Waals surface area contributed by atoms with E-state index in [1.165, 1.54) is 38.8 Å². The van der Waals surface area contributed by atoms with Gasteiger partial charge in [-0.15, -0.1) is 0 Å². The second-order valence-corrected chi connectivity index (χ2v) is 5.25. The summed E-state index contributed by atoms with van der Waals surface area (Å²) in [5.74, 6) is 1.69. The van der Waals surface area contributed by atoms with E-state index in [1.54, 1.807) is 0 Å². The molecule has 4 heteroatoms. The number of hydrogen-bond donors (Lipinski definition) is 1. The SMILES string of the molecule is c1cc2c(cc1NCCN1CCCCCC1)OCO2. The third-order valence-corrected chi connectivity index (χ3v) is 3.83. The summed E-state index contributed by atoms with van der Waals surface area (Å²) in [4.78, 5) is 2.56. The highest BCUT2D eigenvalue weighted by Crippen LogP contribution is 2.34. The molecule has 0 bridgehead atoms. The van der Waals surface area contributed by atoms with Crippen LogP contribution in [0, 0.1) is 0 Å². The van der Waals surface area contributed by atoms with Gasteiger partial charge in [0.15, 0.2) is 11.5 Å². The van der Waals surface area contributed by atoms with Crippen molar-refractivity contribution in [1.29, 1.82) is 0 Å². The molecule has 2 heterocycles. The van der Waals surface area contributed by atoms with Crippen LogP contribution in [-0.4, -0.2) is 37.9 Å². The van der Waals surface area contributed by atoms with Crippen molar-refractivity contribution in [3.05, 3.63) is 18.2 Å². The Balaban J connectivity index is 1.46. The zero-order chi connectivity index (χ0) is 12.9. The number of likely N-dealkylation sites (tertiary alicyclic amines) is 1. The molecule has 1 aromatic rings. The molecule has 0 atom stereocenters. The summed E-state index contributed by atoms with van der Waals surface area (Å²) in [6.07, 6.45) is 5.49. The molecule has 1 N–H and O–H groups in total.